The highest BCUT2D eigenvalue weighted by molar-refractivity contribution is 6.01. The minimum atomic E-state index is -0.200. The van der Waals surface area contributed by atoms with Crippen LogP contribution in [0.1, 0.15) is 93.2 Å². The number of carbonyl (C=O) groups excluding carboxylic acids is 3. The van der Waals surface area contributed by atoms with Gasteiger partial charge in [0.15, 0.2) is 0 Å². The van der Waals surface area contributed by atoms with Crippen LogP contribution < -0.4 is 20.4 Å². The summed E-state index contributed by atoms with van der Waals surface area (Å²) in [5, 5.41) is 6.57. The first-order valence-electron chi connectivity index (χ1n) is 22.5. The van der Waals surface area contributed by atoms with E-state index in [1.54, 1.807) is 25.2 Å². The maximum Gasteiger partial charge on any atom is 0.270 e. The summed E-state index contributed by atoms with van der Waals surface area (Å²) in [6.07, 6.45) is 11.6. The molecule has 0 radical (unpaired) electrons. The van der Waals surface area contributed by atoms with E-state index in [1.807, 2.05) is 44.3 Å². The first kappa shape index (κ1) is 44.0. The van der Waals surface area contributed by atoms with Crippen molar-refractivity contribution in [3.63, 3.8) is 0 Å². The molecule has 1 saturated carbocycles. The maximum atomic E-state index is 12.9. The number of carbonyl (C=O) groups is 3. The van der Waals surface area contributed by atoms with Crippen molar-refractivity contribution in [1.29, 1.82) is 0 Å². The molecule has 4 aromatic rings. The highest BCUT2D eigenvalue weighted by atomic mass is 16.5. The molecule has 15 heteroatoms. The first-order chi connectivity index (χ1) is 29.7. The summed E-state index contributed by atoms with van der Waals surface area (Å²) in [6, 6.07) is 15.3. The van der Waals surface area contributed by atoms with E-state index in [0.717, 1.165) is 101 Å². The van der Waals surface area contributed by atoms with Gasteiger partial charge in [0.1, 0.15) is 17.2 Å². The molecule has 9 rings (SSSR count). The van der Waals surface area contributed by atoms with Crippen LogP contribution in [-0.2, 0) is 14.3 Å². The number of anilines is 4. The lowest BCUT2D eigenvalue weighted by Crippen LogP contribution is -2.49. The predicted octanol–water partition coefficient (Wildman–Crippen LogP) is 5.67. The molecule has 15 nitrogen and oxygen atoms in total. The fourth-order valence-electron chi connectivity index (χ4n) is 9.18. The van der Waals surface area contributed by atoms with Gasteiger partial charge >= 0.3 is 0 Å². The molecule has 5 fully saturated rings. The summed E-state index contributed by atoms with van der Waals surface area (Å²) in [4.78, 5) is 61.4. The summed E-state index contributed by atoms with van der Waals surface area (Å²) in [5.41, 5.74) is 4.84. The molecule has 61 heavy (non-hydrogen) atoms. The zero-order chi connectivity index (χ0) is 42.9. The third kappa shape index (κ3) is 10.7. The molecule has 328 valence electrons. The third-order valence-electron chi connectivity index (χ3n) is 12.7. The quantitative estimate of drug-likeness (QED) is 0.211. The second-order valence-corrected chi connectivity index (χ2v) is 16.8. The zero-order valence-electron chi connectivity index (χ0n) is 36.8. The maximum absolute atomic E-state index is 12.9. The Morgan fingerprint density at radius 2 is 1.46 bits per heavy atom. The van der Waals surface area contributed by atoms with Gasteiger partial charge < -0.3 is 34.2 Å². The Kier molecular flexibility index (Phi) is 14.9. The average molecular weight is 836 g/mol. The van der Waals surface area contributed by atoms with Crippen LogP contribution in [0.3, 0.4) is 0 Å². The fourth-order valence-corrected chi connectivity index (χ4v) is 9.18. The van der Waals surface area contributed by atoms with Gasteiger partial charge in [-0.05, 0) is 75.0 Å². The number of piperazine rings is 1. The summed E-state index contributed by atoms with van der Waals surface area (Å²) < 4.78 is 7.58. The van der Waals surface area contributed by atoms with Gasteiger partial charge in [-0.2, -0.15) is 4.98 Å². The van der Waals surface area contributed by atoms with Crippen molar-refractivity contribution in [1.82, 2.24) is 39.5 Å². The Bertz CT molecular complexity index is 2060. The van der Waals surface area contributed by atoms with E-state index in [2.05, 4.69) is 70.0 Å². The molecule has 1 aliphatic carbocycles. The Morgan fingerprint density at radius 3 is 2.10 bits per heavy atom. The zero-order valence-corrected chi connectivity index (χ0v) is 36.8. The number of aromatic nitrogens is 4. The van der Waals surface area contributed by atoms with Gasteiger partial charge in [0.2, 0.25) is 17.8 Å². The van der Waals surface area contributed by atoms with Crippen molar-refractivity contribution < 1.29 is 19.1 Å². The summed E-state index contributed by atoms with van der Waals surface area (Å²) >= 11 is 0. The molecule has 1 atom stereocenters. The number of nitrogens with one attached hydrogen (secondary N) is 2. The number of likely N-dealkylation sites (N-methyl/N-ethyl adjacent to an activating group) is 1. The fraction of sp³-hybridized carbons (Fsp3) is 0.565. The number of pyridine rings is 1. The van der Waals surface area contributed by atoms with Crippen LogP contribution in [0.25, 0.3) is 11.0 Å². The number of nitrogens with zero attached hydrogens (tertiary/aromatic N) is 9. The number of imide groups is 1. The highest BCUT2D eigenvalue weighted by Gasteiger charge is 2.30. The van der Waals surface area contributed by atoms with Crippen LogP contribution in [0.15, 0.2) is 54.9 Å². The van der Waals surface area contributed by atoms with Crippen molar-refractivity contribution in [2.24, 2.45) is 0 Å². The Balaban J connectivity index is 0.000000181. The minimum Gasteiger partial charge on any atom is -0.379 e. The van der Waals surface area contributed by atoms with Crippen LogP contribution in [0, 0.1) is 0 Å². The molecular formula is C46H65N11O4. The standard InChI is InChI=1S/C24H32N8O.C20H27N3O3.C2H6/c1-29(2)23(33)20-14-17-15-26-24(28-22(17)32(20)18-6-4-5-7-18)27-21-9-8-19(16-25-21)31-12-10-30(3)11-13-31;24-19-6-5-18(20(25)21-19)15-1-3-16(4-2-15)22-9-7-17(8-10-22)23-11-13-26-14-12-23;1-2/h8-9,14-16,18H,4-7,10-13H2,1-3H3,(H,25,26,27,28);1-4,17-18H,5-14H2,(H,21,24,25);1-2H3. The summed E-state index contributed by atoms with van der Waals surface area (Å²) in [6.45, 7) is 14.1. The molecular weight excluding hydrogens is 771 g/mol. The normalized spacial score (nSPS) is 20.7. The Morgan fingerprint density at radius 1 is 0.787 bits per heavy atom. The number of fused-ring (bicyclic) bond motifs is 1. The SMILES string of the molecule is CC.CN1CCN(c2ccc(Nc3ncc4cc(C(=O)N(C)C)n(C5CCCC5)c4n3)nc2)CC1.O=C1CCC(c2ccc(N3CCC(N4CCOCC4)CC3)cc2)C(=O)N1. The third-order valence-corrected chi connectivity index (χ3v) is 12.7. The van der Waals surface area contributed by atoms with E-state index < -0.39 is 0 Å². The number of morpholine rings is 1. The van der Waals surface area contributed by atoms with Crippen molar-refractivity contribution in [3.05, 3.63) is 66.1 Å². The number of rotatable bonds is 8. The van der Waals surface area contributed by atoms with Crippen LogP contribution >= 0.6 is 0 Å². The molecule has 7 heterocycles. The van der Waals surface area contributed by atoms with Gasteiger partial charge in [-0.3, -0.25) is 24.6 Å². The van der Waals surface area contributed by atoms with Gasteiger partial charge in [-0.25, -0.2) is 9.97 Å². The topological polar surface area (TPSA) is 144 Å². The smallest absolute Gasteiger partial charge is 0.270 e. The lowest BCUT2D eigenvalue weighted by molar-refractivity contribution is -0.134. The molecule has 1 aromatic carbocycles. The molecule has 1 unspecified atom stereocenters. The largest absolute Gasteiger partial charge is 0.379 e. The van der Waals surface area contributed by atoms with Crippen molar-refractivity contribution in [2.75, 3.05) is 102 Å². The summed E-state index contributed by atoms with van der Waals surface area (Å²) in [7, 11) is 5.73. The lowest BCUT2D eigenvalue weighted by atomic mass is 9.90. The van der Waals surface area contributed by atoms with Gasteiger partial charge in [0, 0.05) is 102 Å². The monoisotopic (exact) mass is 836 g/mol. The van der Waals surface area contributed by atoms with Crippen LogP contribution in [0.4, 0.5) is 23.1 Å². The van der Waals surface area contributed by atoms with Gasteiger partial charge in [-0.1, -0.05) is 38.8 Å². The van der Waals surface area contributed by atoms with E-state index in [4.69, 9.17) is 9.72 Å². The van der Waals surface area contributed by atoms with Gasteiger partial charge in [-0.15, -0.1) is 0 Å². The van der Waals surface area contributed by atoms with Crippen molar-refractivity contribution in [3.8, 4) is 0 Å². The Labute approximate surface area is 360 Å². The van der Waals surface area contributed by atoms with E-state index >= 15 is 0 Å². The first-order valence-corrected chi connectivity index (χ1v) is 22.5. The number of hydrogen-bond donors (Lipinski definition) is 2. The number of benzene rings is 1. The molecule has 0 bridgehead atoms. The molecule has 0 spiro atoms. The second kappa shape index (κ2) is 20.6. The predicted molar refractivity (Wildman–Crippen MR) is 241 cm³/mol. The van der Waals surface area contributed by atoms with Crippen molar-refractivity contribution in [2.45, 2.75) is 83.2 Å². The highest BCUT2D eigenvalue weighted by Crippen LogP contribution is 2.35. The molecule has 2 N–H and O–H groups in total. The molecule has 3 aromatic heterocycles. The minimum absolute atomic E-state index is 0.00410. The van der Waals surface area contributed by atoms with E-state index in [1.165, 1.54) is 31.4 Å². The molecule has 5 aliphatic rings. The average Bonchev–Trinajstić information content (AvgIpc) is 3.96. The van der Waals surface area contributed by atoms with Crippen molar-refractivity contribution >= 4 is 51.9 Å². The summed E-state index contributed by atoms with van der Waals surface area (Å²) in [5.74, 6) is 0.662. The van der Waals surface area contributed by atoms with Gasteiger partial charge in [0.25, 0.3) is 5.91 Å². The van der Waals surface area contributed by atoms with E-state index in [0.29, 0.717) is 42.4 Å². The number of ether oxygens (including phenoxy) is 1. The van der Waals surface area contributed by atoms with Gasteiger partial charge in [0.05, 0.1) is 31.0 Å². The molecule has 3 amide bonds. The lowest BCUT2D eigenvalue weighted by Gasteiger charge is -2.40. The van der Waals surface area contributed by atoms with E-state index in [-0.39, 0.29) is 23.6 Å². The number of hydrogen-bond acceptors (Lipinski definition) is 12. The van der Waals surface area contributed by atoms with Crippen LogP contribution in [-0.4, -0.2) is 145 Å². The Hall–Kier alpha value is -5.12. The second-order valence-electron chi connectivity index (χ2n) is 16.8. The number of piperidine rings is 2. The van der Waals surface area contributed by atoms with Crippen LogP contribution in [0.5, 0.6) is 0 Å². The molecule has 4 aliphatic heterocycles. The molecule has 4 saturated heterocycles. The van der Waals surface area contributed by atoms with Crippen LogP contribution in [0.2, 0.25) is 0 Å². The van der Waals surface area contributed by atoms with E-state index in [9.17, 15) is 14.4 Å². The number of amides is 3.